The molecule has 0 saturated carbocycles. The van der Waals surface area contributed by atoms with Crippen molar-refractivity contribution in [2.75, 3.05) is 31.3 Å². The van der Waals surface area contributed by atoms with Gasteiger partial charge in [-0.05, 0) is 49.7 Å². The summed E-state index contributed by atoms with van der Waals surface area (Å²) in [5.74, 6) is -0.162. The summed E-state index contributed by atoms with van der Waals surface area (Å²) >= 11 is 0. The van der Waals surface area contributed by atoms with Gasteiger partial charge in [0.1, 0.15) is 0 Å². The van der Waals surface area contributed by atoms with E-state index in [0.29, 0.717) is 5.56 Å². The molecule has 2 amide bonds. The second kappa shape index (κ2) is 7.64. The van der Waals surface area contributed by atoms with Gasteiger partial charge < -0.3 is 15.5 Å². The summed E-state index contributed by atoms with van der Waals surface area (Å²) in [7, 11) is 3.43. The van der Waals surface area contributed by atoms with Gasteiger partial charge in [-0.25, -0.2) is 0 Å². The largest absolute Gasteiger partial charge is 0.376 e. The van der Waals surface area contributed by atoms with Crippen LogP contribution in [0.2, 0.25) is 0 Å². The molecule has 0 heterocycles. The van der Waals surface area contributed by atoms with E-state index in [-0.39, 0.29) is 18.4 Å². The number of benzene rings is 2. The lowest BCUT2D eigenvalue weighted by Gasteiger charge is -2.12. The lowest BCUT2D eigenvalue weighted by Crippen LogP contribution is -2.23. The van der Waals surface area contributed by atoms with E-state index in [0.717, 1.165) is 22.5 Å². The third-order valence-electron chi connectivity index (χ3n) is 3.65. The highest BCUT2D eigenvalue weighted by atomic mass is 16.2. The molecule has 0 aliphatic carbocycles. The number of hydrogen-bond donors (Lipinski definition) is 2. The molecule has 0 bridgehead atoms. The average molecular weight is 325 g/mol. The lowest BCUT2D eigenvalue weighted by molar-refractivity contribution is -0.114. The maximum atomic E-state index is 12.1. The molecule has 2 rings (SSSR count). The minimum absolute atomic E-state index is 0.0471. The van der Waals surface area contributed by atoms with Crippen LogP contribution in [-0.2, 0) is 4.79 Å². The van der Waals surface area contributed by atoms with Crippen molar-refractivity contribution in [3.63, 3.8) is 0 Å². The van der Waals surface area contributed by atoms with Crippen LogP contribution in [-0.4, -0.2) is 37.4 Å². The Hall–Kier alpha value is -2.82. The number of carbonyl (C=O) groups is 2. The summed E-state index contributed by atoms with van der Waals surface area (Å²) in [4.78, 5) is 25.4. The summed E-state index contributed by atoms with van der Waals surface area (Å²) in [5.41, 5.74) is 4.43. The molecule has 0 radical (unpaired) electrons. The second-order valence-electron chi connectivity index (χ2n) is 6.00. The first-order valence-corrected chi connectivity index (χ1v) is 7.79. The van der Waals surface area contributed by atoms with Crippen molar-refractivity contribution in [1.29, 1.82) is 0 Å². The SMILES string of the molecule is Cc1ccc(NC(=O)CNc2ccc(C(=O)N(C)C)cc2)c(C)c1. The summed E-state index contributed by atoms with van der Waals surface area (Å²) in [6.07, 6.45) is 0. The first kappa shape index (κ1) is 17.5. The fourth-order valence-electron chi connectivity index (χ4n) is 2.32. The van der Waals surface area contributed by atoms with Crippen LogP contribution in [0, 0.1) is 13.8 Å². The van der Waals surface area contributed by atoms with Gasteiger partial charge >= 0.3 is 0 Å². The van der Waals surface area contributed by atoms with E-state index >= 15 is 0 Å². The smallest absolute Gasteiger partial charge is 0.253 e. The minimum Gasteiger partial charge on any atom is -0.376 e. The molecular weight excluding hydrogens is 302 g/mol. The van der Waals surface area contributed by atoms with Crippen LogP contribution in [0.5, 0.6) is 0 Å². The predicted molar refractivity (Wildman–Crippen MR) is 97.5 cm³/mol. The summed E-state index contributed by atoms with van der Waals surface area (Å²) in [6, 6.07) is 13.0. The van der Waals surface area contributed by atoms with E-state index in [2.05, 4.69) is 10.6 Å². The van der Waals surface area contributed by atoms with Crippen molar-refractivity contribution in [1.82, 2.24) is 4.90 Å². The Balaban J connectivity index is 1.91. The third kappa shape index (κ3) is 4.59. The summed E-state index contributed by atoms with van der Waals surface area (Å²) in [6.45, 7) is 4.15. The zero-order valence-corrected chi connectivity index (χ0v) is 14.5. The lowest BCUT2D eigenvalue weighted by atomic mass is 10.1. The van der Waals surface area contributed by atoms with E-state index in [1.807, 2.05) is 32.0 Å². The van der Waals surface area contributed by atoms with Crippen LogP contribution in [0.15, 0.2) is 42.5 Å². The number of hydrogen-bond acceptors (Lipinski definition) is 3. The van der Waals surface area contributed by atoms with Crippen LogP contribution >= 0.6 is 0 Å². The minimum atomic E-state index is -0.115. The summed E-state index contributed by atoms with van der Waals surface area (Å²) < 4.78 is 0. The topological polar surface area (TPSA) is 61.4 Å². The number of aryl methyl sites for hydroxylation is 2. The Morgan fingerprint density at radius 2 is 1.67 bits per heavy atom. The fourth-order valence-corrected chi connectivity index (χ4v) is 2.32. The third-order valence-corrected chi connectivity index (χ3v) is 3.65. The highest BCUT2D eigenvalue weighted by molar-refractivity contribution is 5.95. The van der Waals surface area contributed by atoms with Crippen LogP contribution in [0.25, 0.3) is 0 Å². The van der Waals surface area contributed by atoms with E-state index in [1.54, 1.807) is 38.4 Å². The average Bonchev–Trinajstić information content (AvgIpc) is 2.55. The Morgan fingerprint density at radius 3 is 2.25 bits per heavy atom. The Morgan fingerprint density at radius 1 is 1.00 bits per heavy atom. The van der Waals surface area contributed by atoms with Gasteiger partial charge in [-0.2, -0.15) is 0 Å². The number of carbonyl (C=O) groups excluding carboxylic acids is 2. The van der Waals surface area contributed by atoms with Gasteiger partial charge in [0.15, 0.2) is 0 Å². The van der Waals surface area contributed by atoms with E-state index in [9.17, 15) is 9.59 Å². The number of anilines is 2. The van der Waals surface area contributed by atoms with Crippen LogP contribution in [0.1, 0.15) is 21.5 Å². The maximum Gasteiger partial charge on any atom is 0.253 e. The van der Waals surface area contributed by atoms with Gasteiger partial charge in [-0.1, -0.05) is 17.7 Å². The molecule has 5 heteroatoms. The first-order chi connectivity index (χ1) is 11.4. The molecular formula is C19H23N3O2. The van der Waals surface area contributed by atoms with Gasteiger partial charge in [0.25, 0.3) is 5.91 Å². The number of rotatable bonds is 5. The van der Waals surface area contributed by atoms with Crippen molar-refractivity contribution >= 4 is 23.2 Å². The van der Waals surface area contributed by atoms with E-state index < -0.39 is 0 Å². The number of amides is 2. The molecule has 126 valence electrons. The second-order valence-corrected chi connectivity index (χ2v) is 6.00. The first-order valence-electron chi connectivity index (χ1n) is 7.79. The predicted octanol–water partition coefficient (Wildman–Crippen LogP) is 3.06. The number of nitrogens with one attached hydrogen (secondary N) is 2. The van der Waals surface area contributed by atoms with Gasteiger partial charge in [0.2, 0.25) is 5.91 Å². The standard InChI is InChI=1S/C19H23N3O2/c1-13-5-10-17(14(2)11-13)21-18(23)12-20-16-8-6-15(7-9-16)19(24)22(3)4/h5-11,20H,12H2,1-4H3,(H,21,23). The molecule has 0 aliphatic rings. The van der Waals surface area contributed by atoms with E-state index in [4.69, 9.17) is 0 Å². The molecule has 0 atom stereocenters. The number of nitrogens with zero attached hydrogens (tertiary/aromatic N) is 1. The highest BCUT2D eigenvalue weighted by Gasteiger charge is 2.08. The molecule has 0 spiro atoms. The zero-order chi connectivity index (χ0) is 17.7. The Kier molecular flexibility index (Phi) is 5.58. The van der Waals surface area contributed by atoms with Crippen molar-refractivity contribution in [2.24, 2.45) is 0 Å². The van der Waals surface area contributed by atoms with Crippen molar-refractivity contribution in [3.8, 4) is 0 Å². The Bertz CT molecular complexity index is 737. The van der Waals surface area contributed by atoms with Gasteiger partial charge in [-0.15, -0.1) is 0 Å². The molecule has 0 unspecified atom stereocenters. The van der Waals surface area contributed by atoms with Gasteiger partial charge in [0.05, 0.1) is 6.54 Å². The highest BCUT2D eigenvalue weighted by Crippen LogP contribution is 2.16. The van der Waals surface area contributed by atoms with Crippen LogP contribution < -0.4 is 10.6 Å². The quantitative estimate of drug-likeness (QED) is 0.888. The molecule has 0 aliphatic heterocycles. The molecule has 0 saturated heterocycles. The monoisotopic (exact) mass is 325 g/mol. The van der Waals surface area contributed by atoms with Gasteiger partial charge in [-0.3, -0.25) is 9.59 Å². The Labute approximate surface area is 142 Å². The molecule has 2 N–H and O–H groups in total. The fraction of sp³-hybridized carbons (Fsp3) is 0.263. The molecule has 0 aromatic heterocycles. The van der Waals surface area contributed by atoms with Crippen LogP contribution in [0.4, 0.5) is 11.4 Å². The van der Waals surface area contributed by atoms with Gasteiger partial charge in [0, 0.05) is 31.0 Å². The normalized spacial score (nSPS) is 10.2. The summed E-state index contributed by atoms with van der Waals surface area (Å²) in [5, 5.41) is 5.94. The van der Waals surface area contributed by atoms with Crippen molar-refractivity contribution < 1.29 is 9.59 Å². The van der Waals surface area contributed by atoms with Crippen molar-refractivity contribution in [3.05, 3.63) is 59.2 Å². The maximum absolute atomic E-state index is 12.1. The van der Waals surface area contributed by atoms with Crippen LogP contribution in [0.3, 0.4) is 0 Å². The van der Waals surface area contributed by atoms with Crippen molar-refractivity contribution in [2.45, 2.75) is 13.8 Å². The van der Waals surface area contributed by atoms with E-state index in [1.165, 1.54) is 4.90 Å². The molecule has 2 aromatic carbocycles. The molecule has 24 heavy (non-hydrogen) atoms. The molecule has 0 fully saturated rings. The molecule has 5 nitrogen and oxygen atoms in total. The molecule has 2 aromatic rings. The zero-order valence-electron chi connectivity index (χ0n) is 14.5.